The maximum atomic E-state index is 5.48. The first-order chi connectivity index (χ1) is 9.65. The van der Waals surface area contributed by atoms with Crippen LogP contribution in [0.1, 0.15) is 44.6 Å². The second-order valence-corrected chi connectivity index (χ2v) is 7.02. The summed E-state index contributed by atoms with van der Waals surface area (Å²) >= 11 is 3.60. The van der Waals surface area contributed by atoms with Crippen LogP contribution < -0.4 is 5.32 Å². The predicted octanol–water partition coefficient (Wildman–Crippen LogP) is 4.35. The Morgan fingerprint density at radius 2 is 2.05 bits per heavy atom. The number of benzene rings is 1. The maximum Gasteiger partial charge on any atom is 0.0468 e. The summed E-state index contributed by atoms with van der Waals surface area (Å²) in [7, 11) is 0. The van der Waals surface area contributed by atoms with E-state index in [1.807, 2.05) is 0 Å². The summed E-state index contributed by atoms with van der Waals surface area (Å²) in [5.74, 6) is 1.40. The third kappa shape index (κ3) is 5.19. The Morgan fingerprint density at radius 1 is 1.30 bits per heavy atom. The number of ether oxygens (including phenoxy) is 1. The van der Waals surface area contributed by atoms with Gasteiger partial charge in [-0.25, -0.2) is 0 Å². The van der Waals surface area contributed by atoms with Crippen LogP contribution in [0.4, 0.5) is 0 Å². The molecule has 0 spiro atoms. The first-order valence-corrected chi connectivity index (χ1v) is 8.51. The lowest BCUT2D eigenvalue weighted by Crippen LogP contribution is -2.30. The molecule has 1 aliphatic rings. The number of hydrogen-bond donors (Lipinski definition) is 1. The van der Waals surface area contributed by atoms with E-state index in [1.165, 1.54) is 29.3 Å². The molecule has 112 valence electrons. The molecule has 1 aromatic rings. The Balaban J connectivity index is 2.02. The predicted molar refractivity (Wildman–Crippen MR) is 88.2 cm³/mol. The standard InChI is InChI=1S/C17H26BrNO/c1-13(2)19-12-16(10-14-6-8-20-9-7-14)15-4-3-5-17(18)11-15/h3-5,11,13-14,16,19H,6-10,12H2,1-2H3. The summed E-state index contributed by atoms with van der Waals surface area (Å²) in [5, 5.41) is 3.61. The second kappa shape index (κ2) is 8.16. The molecule has 20 heavy (non-hydrogen) atoms. The molecule has 0 amide bonds. The average Bonchev–Trinajstić information content (AvgIpc) is 2.44. The van der Waals surface area contributed by atoms with Crippen molar-refractivity contribution >= 4 is 15.9 Å². The van der Waals surface area contributed by atoms with Crippen LogP contribution in [0.3, 0.4) is 0 Å². The Hall–Kier alpha value is -0.380. The lowest BCUT2D eigenvalue weighted by molar-refractivity contribution is 0.0615. The molecule has 2 rings (SSSR count). The largest absolute Gasteiger partial charge is 0.381 e. The highest BCUT2D eigenvalue weighted by atomic mass is 79.9. The molecule has 2 nitrogen and oxygen atoms in total. The van der Waals surface area contributed by atoms with Gasteiger partial charge in [0.25, 0.3) is 0 Å². The average molecular weight is 340 g/mol. The second-order valence-electron chi connectivity index (χ2n) is 6.11. The van der Waals surface area contributed by atoms with Gasteiger partial charge >= 0.3 is 0 Å². The highest BCUT2D eigenvalue weighted by molar-refractivity contribution is 9.10. The van der Waals surface area contributed by atoms with E-state index in [4.69, 9.17) is 4.74 Å². The Bertz CT molecular complexity index is 402. The van der Waals surface area contributed by atoms with E-state index in [0.717, 1.165) is 25.7 Å². The normalized spacial score (nSPS) is 18.4. The zero-order valence-electron chi connectivity index (χ0n) is 12.6. The maximum absolute atomic E-state index is 5.48. The van der Waals surface area contributed by atoms with E-state index in [9.17, 15) is 0 Å². The fourth-order valence-electron chi connectivity index (χ4n) is 2.86. The topological polar surface area (TPSA) is 21.3 Å². The molecular formula is C17H26BrNO. The molecule has 0 bridgehead atoms. The van der Waals surface area contributed by atoms with Crippen LogP contribution in [0.25, 0.3) is 0 Å². The number of halogens is 1. The number of hydrogen-bond acceptors (Lipinski definition) is 2. The zero-order valence-corrected chi connectivity index (χ0v) is 14.2. The van der Waals surface area contributed by atoms with Gasteiger partial charge in [0, 0.05) is 30.3 Å². The molecule has 1 aliphatic heterocycles. The summed E-state index contributed by atoms with van der Waals surface area (Å²) in [6.07, 6.45) is 3.69. The minimum atomic E-state index is 0.541. The molecule has 1 atom stereocenters. The fraction of sp³-hybridized carbons (Fsp3) is 0.647. The van der Waals surface area contributed by atoms with Gasteiger partial charge in [-0.3, -0.25) is 0 Å². The van der Waals surface area contributed by atoms with E-state index in [-0.39, 0.29) is 0 Å². The van der Waals surface area contributed by atoms with Crippen LogP contribution in [0.5, 0.6) is 0 Å². The minimum Gasteiger partial charge on any atom is -0.381 e. The van der Waals surface area contributed by atoms with Gasteiger partial charge in [-0.05, 0) is 48.8 Å². The molecule has 1 saturated heterocycles. The molecule has 1 unspecified atom stereocenters. The van der Waals surface area contributed by atoms with Gasteiger partial charge in [-0.2, -0.15) is 0 Å². The van der Waals surface area contributed by atoms with Gasteiger partial charge in [-0.15, -0.1) is 0 Å². The van der Waals surface area contributed by atoms with Crippen LogP contribution in [0.15, 0.2) is 28.7 Å². The Morgan fingerprint density at radius 3 is 2.70 bits per heavy atom. The quantitative estimate of drug-likeness (QED) is 0.831. The van der Waals surface area contributed by atoms with E-state index in [1.54, 1.807) is 0 Å². The SMILES string of the molecule is CC(C)NCC(CC1CCOCC1)c1cccc(Br)c1. The van der Waals surface area contributed by atoms with Crippen LogP contribution >= 0.6 is 15.9 Å². The highest BCUT2D eigenvalue weighted by Gasteiger charge is 2.20. The van der Waals surface area contributed by atoms with E-state index in [0.29, 0.717) is 12.0 Å². The van der Waals surface area contributed by atoms with Crippen LogP contribution in [0, 0.1) is 5.92 Å². The van der Waals surface area contributed by atoms with Gasteiger partial charge < -0.3 is 10.1 Å². The van der Waals surface area contributed by atoms with Crippen molar-refractivity contribution < 1.29 is 4.74 Å². The molecular weight excluding hydrogens is 314 g/mol. The van der Waals surface area contributed by atoms with Crippen molar-refractivity contribution in [2.45, 2.75) is 45.1 Å². The third-order valence-corrected chi connectivity index (χ3v) is 4.54. The van der Waals surface area contributed by atoms with Gasteiger partial charge in [0.15, 0.2) is 0 Å². The van der Waals surface area contributed by atoms with Gasteiger partial charge in [0.1, 0.15) is 0 Å². The summed E-state index contributed by atoms with van der Waals surface area (Å²) in [4.78, 5) is 0. The summed E-state index contributed by atoms with van der Waals surface area (Å²) < 4.78 is 6.66. The van der Waals surface area contributed by atoms with Gasteiger partial charge in [0.05, 0.1) is 0 Å². The van der Waals surface area contributed by atoms with Gasteiger partial charge in [0.2, 0.25) is 0 Å². The van der Waals surface area contributed by atoms with Crippen LogP contribution in [-0.2, 0) is 4.74 Å². The third-order valence-electron chi connectivity index (χ3n) is 4.05. The van der Waals surface area contributed by atoms with Crippen molar-refractivity contribution in [2.75, 3.05) is 19.8 Å². The van der Waals surface area contributed by atoms with Crippen molar-refractivity contribution in [3.8, 4) is 0 Å². The van der Waals surface area contributed by atoms with Crippen molar-refractivity contribution in [3.05, 3.63) is 34.3 Å². The van der Waals surface area contributed by atoms with Gasteiger partial charge in [-0.1, -0.05) is 41.9 Å². The Labute approximate surface area is 131 Å². The molecule has 1 fully saturated rings. The van der Waals surface area contributed by atoms with Crippen molar-refractivity contribution in [1.82, 2.24) is 5.32 Å². The monoisotopic (exact) mass is 339 g/mol. The zero-order chi connectivity index (χ0) is 14.4. The summed E-state index contributed by atoms with van der Waals surface area (Å²) in [5.41, 5.74) is 1.44. The van der Waals surface area contributed by atoms with Crippen molar-refractivity contribution in [3.63, 3.8) is 0 Å². The van der Waals surface area contributed by atoms with Crippen LogP contribution in [0.2, 0.25) is 0 Å². The molecule has 1 heterocycles. The smallest absolute Gasteiger partial charge is 0.0468 e. The van der Waals surface area contributed by atoms with E-state index < -0.39 is 0 Å². The fourth-order valence-corrected chi connectivity index (χ4v) is 3.28. The van der Waals surface area contributed by atoms with E-state index in [2.05, 4.69) is 59.4 Å². The first-order valence-electron chi connectivity index (χ1n) is 7.71. The Kier molecular flexibility index (Phi) is 6.53. The minimum absolute atomic E-state index is 0.541. The molecule has 0 aliphatic carbocycles. The molecule has 0 aromatic heterocycles. The lowest BCUT2D eigenvalue weighted by atomic mass is 9.85. The lowest BCUT2D eigenvalue weighted by Gasteiger charge is -2.28. The van der Waals surface area contributed by atoms with Crippen molar-refractivity contribution in [2.24, 2.45) is 5.92 Å². The highest BCUT2D eigenvalue weighted by Crippen LogP contribution is 2.30. The molecule has 0 radical (unpaired) electrons. The molecule has 1 N–H and O–H groups in total. The number of rotatable bonds is 6. The van der Waals surface area contributed by atoms with Crippen LogP contribution in [-0.4, -0.2) is 25.8 Å². The van der Waals surface area contributed by atoms with E-state index >= 15 is 0 Å². The molecule has 3 heteroatoms. The summed E-state index contributed by atoms with van der Waals surface area (Å²) in [6, 6.07) is 9.32. The molecule has 0 saturated carbocycles. The molecule has 1 aromatic carbocycles. The first kappa shape index (κ1) is 16.0. The van der Waals surface area contributed by atoms with Crippen molar-refractivity contribution in [1.29, 1.82) is 0 Å². The number of nitrogens with one attached hydrogen (secondary N) is 1. The summed E-state index contributed by atoms with van der Waals surface area (Å²) in [6.45, 7) is 7.37.